The van der Waals surface area contributed by atoms with Gasteiger partial charge in [0.1, 0.15) is 0 Å². The number of nitrogens with one attached hydrogen (secondary N) is 1. The van der Waals surface area contributed by atoms with E-state index in [-0.39, 0.29) is 11.6 Å². The number of halogens is 1. The monoisotopic (exact) mass is 273 g/mol. The Morgan fingerprint density at radius 2 is 2.33 bits per heavy atom. The highest BCUT2D eigenvalue weighted by molar-refractivity contribution is 9.09. The van der Waals surface area contributed by atoms with Gasteiger partial charge in [0.05, 0.1) is 0 Å². The van der Waals surface area contributed by atoms with Crippen LogP contribution in [0.1, 0.15) is 20.3 Å². The van der Waals surface area contributed by atoms with Crippen LogP contribution in [-0.2, 0) is 0 Å². The van der Waals surface area contributed by atoms with Crippen LogP contribution in [0.4, 0.5) is 5.82 Å². The van der Waals surface area contributed by atoms with Crippen LogP contribution in [0.3, 0.4) is 0 Å². The third-order valence-corrected chi connectivity index (χ3v) is 2.68. The maximum Gasteiger partial charge on any atom is 0.290 e. The summed E-state index contributed by atoms with van der Waals surface area (Å²) in [7, 11) is 0. The zero-order valence-electron chi connectivity index (χ0n) is 9.03. The maximum absolute atomic E-state index is 11.6. The highest BCUT2D eigenvalue weighted by atomic mass is 79.9. The Morgan fingerprint density at radius 3 is 2.87 bits per heavy atom. The van der Waals surface area contributed by atoms with Crippen LogP contribution in [0.2, 0.25) is 0 Å². The first kappa shape index (κ1) is 12.2. The molecule has 5 heteroatoms. The summed E-state index contributed by atoms with van der Waals surface area (Å²) in [5.74, 6) is 0.508. The van der Waals surface area contributed by atoms with Gasteiger partial charge in [0.25, 0.3) is 5.56 Å². The van der Waals surface area contributed by atoms with Crippen LogP contribution >= 0.6 is 15.9 Å². The molecule has 0 aliphatic carbocycles. The lowest BCUT2D eigenvalue weighted by molar-refractivity contribution is 0.660. The predicted octanol–water partition coefficient (Wildman–Crippen LogP) is 1.77. The Morgan fingerprint density at radius 1 is 1.60 bits per heavy atom. The minimum absolute atomic E-state index is 0.124. The van der Waals surface area contributed by atoms with E-state index in [2.05, 4.69) is 39.7 Å². The van der Waals surface area contributed by atoms with Gasteiger partial charge in [-0.15, -0.1) is 0 Å². The SMILES string of the molecule is CC(C)N(CCCBr)c1ncc[nH]c1=O. The molecule has 1 heterocycles. The highest BCUT2D eigenvalue weighted by Crippen LogP contribution is 2.08. The van der Waals surface area contributed by atoms with Gasteiger partial charge in [0, 0.05) is 30.3 Å². The van der Waals surface area contributed by atoms with E-state index in [1.54, 1.807) is 12.4 Å². The van der Waals surface area contributed by atoms with Gasteiger partial charge < -0.3 is 9.88 Å². The number of anilines is 1. The van der Waals surface area contributed by atoms with E-state index in [9.17, 15) is 4.79 Å². The van der Waals surface area contributed by atoms with Gasteiger partial charge in [-0.3, -0.25) is 4.79 Å². The molecule has 0 saturated carbocycles. The Hall–Kier alpha value is -0.840. The van der Waals surface area contributed by atoms with Gasteiger partial charge in [-0.1, -0.05) is 15.9 Å². The standard InChI is InChI=1S/C10H16BrN3O/c1-8(2)14(7-3-4-11)9-10(15)13-6-5-12-9/h5-6,8H,3-4,7H2,1-2H3,(H,13,15). The smallest absolute Gasteiger partial charge is 0.290 e. The van der Waals surface area contributed by atoms with Crippen molar-refractivity contribution in [3.8, 4) is 0 Å². The van der Waals surface area contributed by atoms with E-state index in [0.717, 1.165) is 18.3 Å². The molecule has 4 nitrogen and oxygen atoms in total. The van der Waals surface area contributed by atoms with Crippen molar-refractivity contribution >= 4 is 21.7 Å². The van der Waals surface area contributed by atoms with Crippen LogP contribution in [0.25, 0.3) is 0 Å². The van der Waals surface area contributed by atoms with E-state index in [1.165, 1.54) is 0 Å². The molecule has 0 saturated heterocycles. The molecule has 0 spiro atoms. The number of aromatic nitrogens is 2. The Kier molecular flexibility index (Phi) is 4.81. The maximum atomic E-state index is 11.6. The average Bonchev–Trinajstić information content (AvgIpc) is 2.20. The van der Waals surface area contributed by atoms with Crippen LogP contribution < -0.4 is 10.5 Å². The molecule has 0 atom stereocenters. The van der Waals surface area contributed by atoms with E-state index in [0.29, 0.717) is 5.82 Å². The number of rotatable bonds is 5. The van der Waals surface area contributed by atoms with Crippen LogP contribution in [-0.4, -0.2) is 27.9 Å². The molecule has 0 aliphatic heterocycles. The summed E-state index contributed by atoms with van der Waals surface area (Å²) in [4.78, 5) is 20.3. The fraction of sp³-hybridized carbons (Fsp3) is 0.600. The first-order valence-corrected chi connectivity index (χ1v) is 6.15. The summed E-state index contributed by atoms with van der Waals surface area (Å²) in [6.07, 6.45) is 4.16. The number of alkyl halides is 1. The molecule has 0 fully saturated rings. The fourth-order valence-corrected chi connectivity index (χ4v) is 1.64. The molecular weight excluding hydrogens is 258 g/mol. The van der Waals surface area contributed by atoms with Crippen molar-refractivity contribution in [2.45, 2.75) is 26.3 Å². The molecule has 0 unspecified atom stereocenters. The Labute approximate surface area is 97.8 Å². The lowest BCUT2D eigenvalue weighted by Gasteiger charge is -2.26. The van der Waals surface area contributed by atoms with Crippen molar-refractivity contribution in [3.63, 3.8) is 0 Å². The molecule has 0 amide bonds. The first-order chi connectivity index (χ1) is 7.16. The molecule has 84 valence electrons. The number of hydrogen-bond donors (Lipinski definition) is 1. The second kappa shape index (κ2) is 5.90. The molecule has 1 aromatic heterocycles. The van der Waals surface area contributed by atoms with Gasteiger partial charge in [-0.25, -0.2) is 4.98 Å². The summed E-state index contributed by atoms with van der Waals surface area (Å²) in [5, 5.41) is 0.932. The van der Waals surface area contributed by atoms with Crippen molar-refractivity contribution in [1.82, 2.24) is 9.97 Å². The molecule has 0 bridgehead atoms. The molecular formula is C10H16BrN3O. The lowest BCUT2D eigenvalue weighted by atomic mass is 10.3. The van der Waals surface area contributed by atoms with Crippen LogP contribution in [0.15, 0.2) is 17.2 Å². The van der Waals surface area contributed by atoms with Gasteiger partial charge in [0.15, 0.2) is 5.82 Å². The summed E-state index contributed by atoms with van der Waals surface area (Å²) in [5.41, 5.74) is -0.124. The largest absolute Gasteiger partial charge is 0.350 e. The number of nitrogens with zero attached hydrogens (tertiary/aromatic N) is 2. The van der Waals surface area contributed by atoms with Crippen molar-refractivity contribution in [3.05, 3.63) is 22.7 Å². The van der Waals surface area contributed by atoms with Gasteiger partial charge >= 0.3 is 0 Å². The minimum atomic E-state index is -0.124. The van der Waals surface area contributed by atoms with Crippen molar-refractivity contribution in [2.75, 3.05) is 16.8 Å². The van der Waals surface area contributed by atoms with Gasteiger partial charge in [-0.05, 0) is 20.3 Å². The lowest BCUT2D eigenvalue weighted by Crippen LogP contribution is -2.36. The van der Waals surface area contributed by atoms with Crippen LogP contribution in [0, 0.1) is 0 Å². The average molecular weight is 274 g/mol. The predicted molar refractivity (Wildman–Crippen MR) is 65.8 cm³/mol. The third-order valence-electron chi connectivity index (χ3n) is 2.12. The summed E-state index contributed by atoms with van der Waals surface area (Å²) >= 11 is 3.39. The highest BCUT2D eigenvalue weighted by Gasteiger charge is 2.14. The van der Waals surface area contributed by atoms with E-state index in [4.69, 9.17) is 0 Å². The minimum Gasteiger partial charge on any atom is -0.350 e. The molecule has 0 aromatic carbocycles. The normalized spacial score (nSPS) is 10.7. The number of aromatic amines is 1. The van der Waals surface area contributed by atoms with E-state index in [1.807, 2.05) is 4.90 Å². The molecule has 0 radical (unpaired) electrons. The second-order valence-electron chi connectivity index (χ2n) is 3.57. The molecule has 1 rings (SSSR count). The zero-order chi connectivity index (χ0) is 11.3. The first-order valence-electron chi connectivity index (χ1n) is 5.03. The van der Waals surface area contributed by atoms with E-state index >= 15 is 0 Å². The Bertz CT molecular complexity index is 351. The van der Waals surface area contributed by atoms with Crippen molar-refractivity contribution < 1.29 is 0 Å². The van der Waals surface area contributed by atoms with Gasteiger partial charge in [0.2, 0.25) is 0 Å². The second-order valence-corrected chi connectivity index (χ2v) is 4.36. The number of hydrogen-bond acceptors (Lipinski definition) is 3. The molecule has 1 aromatic rings. The Balaban J connectivity index is 2.89. The molecule has 1 N–H and O–H groups in total. The fourth-order valence-electron chi connectivity index (χ4n) is 1.39. The zero-order valence-corrected chi connectivity index (χ0v) is 10.6. The third kappa shape index (κ3) is 3.34. The molecule has 15 heavy (non-hydrogen) atoms. The van der Waals surface area contributed by atoms with Crippen LogP contribution in [0.5, 0.6) is 0 Å². The topological polar surface area (TPSA) is 49.0 Å². The van der Waals surface area contributed by atoms with E-state index < -0.39 is 0 Å². The summed E-state index contributed by atoms with van der Waals surface area (Å²) in [6, 6.07) is 0.278. The molecule has 0 aliphatic rings. The number of H-pyrrole nitrogens is 1. The van der Waals surface area contributed by atoms with Gasteiger partial charge in [-0.2, -0.15) is 0 Å². The quantitative estimate of drug-likeness (QED) is 0.832. The van der Waals surface area contributed by atoms with Crippen molar-refractivity contribution in [1.29, 1.82) is 0 Å². The summed E-state index contributed by atoms with van der Waals surface area (Å²) < 4.78 is 0. The summed E-state index contributed by atoms with van der Waals surface area (Å²) in [6.45, 7) is 4.95. The van der Waals surface area contributed by atoms with Crippen molar-refractivity contribution in [2.24, 2.45) is 0 Å².